The Hall–Kier alpha value is 0.130. The highest BCUT2D eigenvalue weighted by Gasteiger charge is 2.32. The molecule has 5 heteroatoms. The van der Waals surface area contributed by atoms with Gasteiger partial charge in [0.05, 0.1) is 5.66 Å². The van der Waals surface area contributed by atoms with Gasteiger partial charge in [0.2, 0.25) is 0 Å². The van der Waals surface area contributed by atoms with Crippen LogP contribution in [0.15, 0.2) is 0 Å². The first-order chi connectivity index (χ1) is 5.89. The van der Waals surface area contributed by atoms with E-state index in [9.17, 15) is 0 Å². The Morgan fingerprint density at radius 3 is 1.92 bits per heavy atom. The van der Waals surface area contributed by atoms with Gasteiger partial charge in [-0.15, -0.1) is 0 Å². The molecule has 13 heavy (non-hydrogen) atoms. The van der Waals surface area contributed by atoms with E-state index in [4.69, 9.17) is 23.2 Å². The van der Waals surface area contributed by atoms with Crippen molar-refractivity contribution in [2.45, 2.75) is 38.6 Å². The molecule has 0 radical (unpaired) electrons. The van der Waals surface area contributed by atoms with Gasteiger partial charge < -0.3 is 11.5 Å². The molecule has 0 heterocycles. The van der Waals surface area contributed by atoms with Crippen LogP contribution in [-0.4, -0.2) is 35.4 Å². The molecule has 0 spiro atoms. The summed E-state index contributed by atoms with van der Waals surface area (Å²) in [6.45, 7) is 4.00. The lowest BCUT2D eigenvalue weighted by atomic mass is 10.1. The minimum atomic E-state index is -0.523. The lowest BCUT2D eigenvalue weighted by molar-refractivity contribution is 0.0605. The summed E-state index contributed by atoms with van der Waals surface area (Å²) in [5.74, 6) is 0. The highest BCUT2D eigenvalue weighted by Crippen LogP contribution is 2.21. The van der Waals surface area contributed by atoms with E-state index in [2.05, 4.69) is 0 Å². The van der Waals surface area contributed by atoms with Gasteiger partial charge in [0, 0.05) is 0 Å². The molecule has 1 unspecified atom stereocenters. The standard InChI is InChI=1S/C8H21ClN4/c1-5-8(11,6-2)13(9)7(10)12(3)4/h7H,5-6,10-11H2,1-4H3. The Morgan fingerprint density at radius 1 is 1.31 bits per heavy atom. The van der Waals surface area contributed by atoms with Crippen molar-refractivity contribution in [1.29, 1.82) is 0 Å². The van der Waals surface area contributed by atoms with Gasteiger partial charge in [-0.2, -0.15) is 4.42 Å². The molecule has 0 aromatic carbocycles. The molecular weight excluding hydrogens is 188 g/mol. The summed E-state index contributed by atoms with van der Waals surface area (Å²) in [5, 5.41) is 0. The third-order valence-corrected chi connectivity index (χ3v) is 2.95. The van der Waals surface area contributed by atoms with Gasteiger partial charge in [-0.3, -0.25) is 4.90 Å². The van der Waals surface area contributed by atoms with Crippen molar-refractivity contribution in [2.24, 2.45) is 11.5 Å². The number of nitrogens with two attached hydrogens (primary N) is 2. The first-order valence-corrected chi connectivity index (χ1v) is 4.88. The van der Waals surface area contributed by atoms with Gasteiger partial charge in [0.25, 0.3) is 0 Å². The summed E-state index contributed by atoms with van der Waals surface area (Å²) >= 11 is 6.08. The minimum absolute atomic E-state index is 0.355. The van der Waals surface area contributed by atoms with E-state index in [1.54, 1.807) is 0 Å². The normalized spacial score (nSPS) is 15.5. The topological polar surface area (TPSA) is 58.5 Å². The van der Waals surface area contributed by atoms with Gasteiger partial charge in [-0.1, -0.05) is 13.8 Å². The van der Waals surface area contributed by atoms with Crippen LogP contribution in [0.3, 0.4) is 0 Å². The van der Waals surface area contributed by atoms with E-state index in [0.29, 0.717) is 0 Å². The smallest absolute Gasteiger partial charge is 0.129 e. The third kappa shape index (κ3) is 3.07. The SMILES string of the molecule is CCC(N)(CC)N(Cl)C(N)N(C)C. The van der Waals surface area contributed by atoms with Crippen molar-refractivity contribution in [3.8, 4) is 0 Å². The van der Waals surface area contributed by atoms with Gasteiger partial charge in [-0.25, -0.2) is 0 Å². The van der Waals surface area contributed by atoms with Crippen molar-refractivity contribution in [2.75, 3.05) is 14.1 Å². The average Bonchev–Trinajstić information content (AvgIpc) is 2.14. The second-order valence-corrected chi connectivity index (χ2v) is 3.86. The van der Waals surface area contributed by atoms with E-state index in [0.717, 1.165) is 12.8 Å². The van der Waals surface area contributed by atoms with Gasteiger partial charge in [-0.05, 0) is 38.7 Å². The Labute approximate surface area is 85.9 Å². The predicted octanol–water partition coefficient (Wildman–Crippen LogP) is 0.721. The second-order valence-electron chi connectivity index (χ2n) is 3.50. The largest absolute Gasteiger partial charge is 0.312 e. The molecule has 0 aliphatic carbocycles. The molecule has 0 aliphatic heterocycles. The summed E-state index contributed by atoms with van der Waals surface area (Å²) in [6, 6.07) is 0. The molecule has 4 nitrogen and oxygen atoms in total. The number of halogens is 1. The van der Waals surface area contributed by atoms with Gasteiger partial charge >= 0.3 is 0 Å². The number of nitrogens with zero attached hydrogens (tertiary/aromatic N) is 2. The summed E-state index contributed by atoms with van der Waals surface area (Å²) in [6.07, 6.45) is 1.19. The van der Waals surface area contributed by atoms with Crippen LogP contribution in [0.25, 0.3) is 0 Å². The average molecular weight is 209 g/mol. The van der Waals surface area contributed by atoms with Crippen LogP contribution in [0, 0.1) is 0 Å². The molecule has 0 rings (SSSR count). The highest BCUT2D eigenvalue weighted by molar-refractivity contribution is 6.14. The predicted molar refractivity (Wildman–Crippen MR) is 56.9 cm³/mol. The van der Waals surface area contributed by atoms with Crippen molar-refractivity contribution >= 4 is 11.8 Å². The molecule has 4 N–H and O–H groups in total. The summed E-state index contributed by atoms with van der Waals surface area (Å²) in [4.78, 5) is 1.82. The molecule has 1 atom stereocenters. The Balaban J connectivity index is 4.45. The first kappa shape index (κ1) is 13.1. The molecule has 0 bridgehead atoms. The zero-order valence-electron chi connectivity index (χ0n) is 8.92. The van der Waals surface area contributed by atoms with Crippen LogP contribution in [0.1, 0.15) is 26.7 Å². The van der Waals surface area contributed by atoms with Gasteiger partial charge in [0.1, 0.15) is 6.29 Å². The maximum absolute atomic E-state index is 6.08. The fraction of sp³-hybridized carbons (Fsp3) is 1.00. The molecule has 0 saturated heterocycles. The highest BCUT2D eigenvalue weighted by atomic mass is 35.5. The monoisotopic (exact) mass is 208 g/mol. The zero-order chi connectivity index (χ0) is 10.6. The molecular formula is C8H21ClN4. The number of hydrogen-bond acceptors (Lipinski definition) is 4. The fourth-order valence-electron chi connectivity index (χ4n) is 1.02. The van der Waals surface area contributed by atoms with Crippen LogP contribution in [0.5, 0.6) is 0 Å². The summed E-state index contributed by atoms with van der Waals surface area (Å²) in [7, 11) is 3.73. The van der Waals surface area contributed by atoms with Crippen LogP contribution in [0.4, 0.5) is 0 Å². The second kappa shape index (κ2) is 5.12. The number of hydrogen-bond donors (Lipinski definition) is 2. The molecule has 0 amide bonds. The van der Waals surface area contributed by atoms with Crippen LogP contribution in [0.2, 0.25) is 0 Å². The van der Waals surface area contributed by atoms with Crippen molar-refractivity contribution in [1.82, 2.24) is 9.32 Å². The van der Waals surface area contributed by atoms with E-state index < -0.39 is 5.66 Å². The lowest BCUT2D eigenvalue weighted by Gasteiger charge is -2.40. The molecule has 80 valence electrons. The Kier molecular flexibility index (Phi) is 5.17. The summed E-state index contributed by atoms with van der Waals surface area (Å²) in [5.41, 5.74) is 11.4. The molecule has 0 aromatic rings. The maximum Gasteiger partial charge on any atom is 0.129 e. The van der Waals surface area contributed by atoms with Crippen molar-refractivity contribution in [3.05, 3.63) is 0 Å². The van der Waals surface area contributed by atoms with Crippen LogP contribution >= 0.6 is 11.8 Å². The molecule has 0 saturated carbocycles. The number of rotatable bonds is 5. The van der Waals surface area contributed by atoms with Gasteiger partial charge in [0.15, 0.2) is 0 Å². The van der Waals surface area contributed by atoms with E-state index in [1.807, 2.05) is 32.8 Å². The van der Waals surface area contributed by atoms with E-state index >= 15 is 0 Å². The van der Waals surface area contributed by atoms with Crippen molar-refractivity contribution < 1.29 is 0 Å². The van der Waals surface area contributed by atoms with Crippen LogP contribution in [-0.2, 0) is 0 Å². The third-order valence-electron chi connectivity index (χ3n) is 2.41. The van der Waals surface area contributed by atoms with Crippen LogP contribution < -0.4 is 11.5 Å². The maximum atomic E-state index is 6.08. The molecule has 0 fully saturated rings. The quantitative estimate of drug-likeness (QED) is 0.517. The fourth-order valence-corrected chi connectivity index (χ4v) is 1.43. The Bertz CT molecular complexity index is 147. The molecule has 0 aliphatic rings. The summed E-state index contributed by atoms with van der Waals surface area (Å²) < 4.78 is 1.49. The lowest BCUT2D eigenvalue weighted by Crippen LogP contribution is -2.61. The minimum Gasteiger partial charge on any atom is -0.312 e. The van der Waals surface area contributed by atoms with Crippen molar-refractivity contribution in [3.63, 3.8) is 0 Å². The zero-order valence-corrected chi connectivity index (χ0v) is 9.67. The molecule has 0 aromatic heterocycles. The van der Waals surface area contributed by atoms with E-state index in [1.165, 1.54) is 4.42 Å². The first-order valence-electron chi connectivity index (χ1n) is 4.55. The Morgan fingerprint density at radius 2 is 1.69 bits per heavy atom. The van der Waals surface area contributed by atoms with E-state index in [-0.39, 0.29) is 6.29 Å².